The van der Waals surface area contributed by atoms with Crippen molar-refractivity contribution in [1.29, 1.82) is 0 Å². The molecule has 1 aromatic carbocycles. The van der Waals surface area contributed by atoms with Gasteiger partial charge in [0.25, 0.3) is 5.91 Å². The number of aromatic nitrogens is 2. The lowest BCUT2D eigenvalue weighted by molar-refractivity contribution is -0.158. The molecule has 280 valence electrons. The van der Waals surface area contributed by atoms with Crippen LogP contribution in [0.4, 0.5) is 10.6 Å². The number of cyclic esters (lactones) is 1. The van der Waals surface area contributed by atoms with Crippen LogP contribution in [0, 0.1) is 11.8 Å². The first-order chi connectivity index (χ1) is 25.5. The number of anilines is 1. The van der Waals surface area contributed by atoms with E-state index in [2.05, 4.69) is 20.6 Å². The Balaban J connectivity index is 1.29. The number of amides is 3. The second-order valence-corrected chi connectivity index (χ2v) is 13.4. The predicted molar refractivity (Wildman–Crippen MR) is 194 cm³/mol. The van der Waals surface area contributed by atoms with E-state index in [0.717, 1.165) is 17.2 Å². The lowest BCUT2D eigenvalue weighted by Gasteiger charge is -2.31. The van der Waals surface area contributed by atoms with Gasteiger partial charge in [-0.05, 0) is 56.4 Å². The maximum Gasteiger partial charge on any atom is 0.412 e. The molecule has 1 fully saturated rings. The summed E-state index contributed by atoms with van der Waals surface area (Å²) in [5.74, 6) is -2.27. The van der Waals surface area contributed by atoms with Gasteiger partial charge in [-0.1, -0.05) is 61.9 Å². The highest BCUT2D eigenvalue weighted by Crippen LogP contribution is 2.27. The number of rotatable bonds is 5. The molecule has 14 nitrogen and oxygen atoms in total. The second-order valence-electron chi connectivity index (χ2n) is 13.4. The van der Waals surface area contributed by atoms with Crippen LogP contribution in [0.2, 0.25) is 0 Å². The van der Waals surface area contributed by atoms with Gasteiger partial charge in [0.05, 0.1) is 24.6 Å². The quantitative estimate of drug-likeness (QED) is 0.309. The summed E-state index contributed by atoms with van der Waals surface area (Å²) in [6.07, 6.45) is 7.49. The smallest absolute Gasteiger partial charge is 0.412 e. The number of carbonyl (C=O) groups is 5. The normalized spacial score (nSPS) is 25.0. The predicted octanol–water partition coefficient (Wildman–Crippen LogP) is 4.70. The van der Waals surface area contributed by atoms with Crippen LogP contribution in [0.15, 0.2) is 83.0 Å². The van der Waals surface area contributed by atoms with Crippen molar-refractivity contribution >= 4 is 46.4 Å². The molecule has 2 aliphatic rings. The third-order valence-electron chi connectivity index (χ3n) is 9.09. The lowest BCUT2D eigenvalue weighted by Crippen LogP contribution is -2.44. The number of esters is 1. The molecule has 0 unspecified atom stereocenters. The summed E-state index contributed by atoms with van der Waals surface area (Å²) in [5.41, 5.74) is 1.37. The molecule has 3 N–H and O–H groups in total. The van der Waals surface area contributed by atoms with E-state index < -0.39 is 42.1 Å². The van der Waals surface area contributed by atoms with E-state index in [1.54, 1.807) is 31.2 Å². The van der Waals surface area contributed by atoms with Crippen molar-refractivity contribution in [1.82, 2.24) is 20.2 Å². The van der Waals surface area contributed by atoms with Gasteiger partial charge in [0.2, 0.25) is 11.8 Å². The number of aliphatic hydroxyl groups is 1. The molecular formula is C39H45N5O9. The summed E-state index contributed by atoms with van der Waals surface area (Å²) < 4.78 is 17.0. The van der Waals surface area contributed by atoms with Gasteiger partial charge in [0.15, 0.2) is 5.69 Å². The summed E-state index contributed by atoms with van der Waals surface area (Å²) in [7, 11) is 0. The monoisotopic (exact) mass is 727 g/mol. The first-order valence-corrected chi connectivity index (χ1v) is 17.7. The number of carbonyl (C=O) groups excluding carboxylic acids is 5. The molecule has 14 heteroatoms. The fourth-order valence-corrected chi connectivity index (χ4v) is 6.33. The van der Waals surface area contributed by atoms with E-state index in [-0.39, 0.29) is 61.7 Å². The fourth-order valence-electron chi connectivity index (χ4n) is 6.33. The number of ether oxygens (including phenoxy) is 2. The second kappa shape index (κ2) is 18.2. The van der Waals surface area contributed by atoms with Crippen LogP contribution in [0.3, 0.4) is 0 Å². The molecule has 0 spiro atoms. The van der Waals surface area contributed by atoms with Crippen LogP contribution in [0.5, 0.6) is 0 Å². The topological polar surface area (TPSA) is 190 Å². The summed E-state index contributed by atoms with van der Waals surface area (Å²) >= 11 is 0. The van der Waals surface area contributed by atoms with Crippen molar-refractivity contribution < 1.29 is 43.0 Å². The average molecular weight is 728 g/mol. The number of fused-ring (bicyclic) bond motifs is 4. The van der Waals surface area contributed by atoms with E-state index in [4.69, 9.17) is 13.9 Å². The van der Waals surface area contributed by atoms with Crippen LogP contribution in [0.1, 0.15) is 62.8 Å². The van der Waals surface area contributed by atoms with Gasteiger partial charge in [0, 0.05) is 30.8 Å². The number of hydrogen-bond donors (Lipinski definition) is 3. The van der Waals surface area contributed by atoms with Crippen molar-refractivity contribution in [2.45, 2.75) is 71.1 Å². The average Bonchev–Trinajstić information content (AvgIpc) is 3.81. The number of para-hydroxylation sites is 1. The number of ketones is 1. The van der Waals surface area contributed by atoms with Crippen LogP contribution < -0.4 is 10.6 Å². The van der Waals surface area contributed by atoms with E-state index >= 15 is 0 Å². The lowest BCUT2D eigenvalue weighted by atomic mass is 9.90. The van der Waals surface area contributed by atoms with Crippen LogP contribution >= 0.6 is 0 Å². The van der Waals surface area contributed by atoms with E-state index in [9.17, 15) is 29.1 Å². The van der Waals surface area contributed by atoms with Crippen molar-refractivity contribution in [2.75, 3.05) is 25.0 Å². The van der Waals surface area contributed by atoms with Gasteiger partial charge in [-0.15, -0.1) is 0 Å². The number of nitrogens with one attached hydrogen (secondary N) is 2. The Morgan fingerprint density at radius 3 is 2.77 bits per heavy atom. The van der Waals surface area contributed by atoms with Gasteiger partial charge >= 0.3 is 12.1 Å². The summed E-state index contributed by atoms with van der Waals surface area (Å²) in [4.78, 5) is 75.1. The zero-order chi connectivity index (χ0) is 37.9. The van der Waals surface area contributed by atoms with Gasteiger partial charge in [-0.25, -0.2) is 19.6 Å². The highest BCUT2D eigenvalue weighted by molar-refractivity contribution is 5.95. The van der Waals surface area contributed by atoms with Crippen LogP contribution in [-0.4, -0.2) is 87.6 Å². The first-order valence-electron chi connectivity index (χ1n) is 17.7. The standard InChI is InChI=1S/C39H45N5O9/c1-24-8-6-17-40-34(47)15-12-25(2)36(26(3)16-19-51-39(50)43-33-14-13-27-9-4-5-10-30(27)41-33)53-38(49)32-11-7-18-44(32)37(48)31-23-52-35(42-31)22-29(46)21-28(45)20-24/h4-6,8-10,12-15,20,23,25-26,28,32,36,45H,7,11,16-19,21-22H2,1-3H3,(H,40,47)(H,41,43,50)/b8-6+,15-12+,24-20+/t25-,26-,28-,32-,36+/m1/s1. The Hall–Kier alpha value is -5.63. The van der Waals surface area contributed by atoms with Crippen molar-refractivity contribution in [3.05, 3.63) is 90.2 Å². The number of benzene rings is 1. The Labute approximate surface area is 307 Å². The molecule has 0 radical (unpaired) electrons. The van der Waals surface area contributed by atoms with Gasteiger partial charge in [-0.2, -0.15) is 0 Å². The van der Waals surface area contributed by atoms with Crippen molar-refractivity contribution in [2.24, 2.45) is 11.8 Å². The number of hydrogen-bond acceptors (Lipinski definition) is 11. The third kappa shape index (κ3) is 10.9. The molecule has 5 rings (SSSR count). The van der Waals surface area contributed by atoms with Crippen molar-refractivity contribution in [3.8, 4) is 0 Å². The van der Waals surface area contributed by atoms with Crippen LogP contribution in [-0.2, 0) is 30.3 Å². The first kappa shape index (κ1) is 38.6. The fraction of sp³-hybridized carbons (Fsp3) is 0.410. The molecule has 0 aliphatic carbocycles. The summed E-state index contributed by atoms with van der Waals surface area (Å²) in [6.45, 7) is 5.93. The highest BCUT2D eigenvalue weighted by Gasteiger charge is 2.39. The Bertz CT molecular complexity index is 1900. The largest absolute Gasteiger partial charge is 0.460 e. The molecule has 3 amide bonds. The maximum absolute atomic E-state index is 13.7. The Morgan fingerprint density at radius 1 is 1.13 bits per heavy atom. The number of aliphatic hydroxyl groups excluding tert-OH is 1. The zero-order valence-electron chi connectivity index (χ0n) is 30.0. The SMILES string of the molecule is CC1=C\[C@@H](O)CC(=O)Cc2nc(co2)C(=O)N2CCC[C@@H]2C(=O)O[C@H]([C@H](C)CCOC(=O)Nc2ccc3ccccc3n2)[C@H](C)/C=C/C(=O)NC\C=C\1. The van der Waals surface area contributed by atoms with E-state index in [1.807, 2.05) is 44.2 Å². The van der Waals surface area contributed by atoms with Gasteiger partial charge < -0.3 is 29.2 Å². The van der Waals surface area contributed by atoms with Gasteiger partial charge in [-0.3, -0.25) is 19.7 Å². The number of nitrogens with zero attached hydrogens (tertiary/aromatic N) is 3. The Morgan fingerprint density at radius 2 is 1.94 bits per heavy atom. The Kier molecular flexibility index (Phi) is 13.3. The van der Waals surface area contributed by atoms with E-state index in [0.29, 0.717) is 30.7 Å². The zero-order valence-corrected chi connectivity index (χ0v) is 30.0. The van der Waals surface area contributed by atoms with E-state index in [1.165, 1.54) is 17.1 Å². The molecule has 4 heterocycles. The number of allylic oxidation sites excluding steroid dienone is 2. The molecule has 0 saturated carbocycles. The summed E-state index contributed by atoms with van der Waals surface area (Å²) in [6, 6.07) is 10.2. The minimum Gasteiger partial charge on any atom is -0.460 e. The molecule has 53 heavy (non-hydrogen) atoms. The third-order valence-corrected chi connectivity index (χ3v) is 9.09. The highest BCUT2D eigenvalue weighted by atomic mass is 16.6. The number of oxazole rings is 1. The van der Waals surface area contributed by atoms with Gasteiger partial charge in [0.1, 0.15) is 30.0 Å². The molecule has 1 saturated heterocycles. The molecule has 3 aromatic rings. The summed E-state index contributed by atoms with van der Waals surface area (Å²) in [5, 5.41) is 16.7. The number of Topliss-reactive ketones (excluding diaryl/α,β-unsaturated/α-hetero) is 1. The molecule has 2 aromatic heterocycles. The molecule has 2 bridgehead atoms. The molecular weight excluding hydrogens is 682 g/mol. The number of pyridine rings is 1. The minimum atomic E-state index is -1.05. The minimum absolute atomic E-state index is 0.00775. The maximum atomic E-state index is 13.7. The van der Waals surface area contributed by atoms with Crippen LogP contribution in [0.25, 0.3) is 10.9 Å². The molecule has 2 aliphatic heterocycles. The molecule has 5 atom stereocenters. The van der Waals surface area contributed by atoms with Crippen molar-refractivity contribution in [3.63, 3.8) is 0 Å².